The average molecular weight is 1190 g/mol. The molecular formula is C65H75F2N11O9. The average Bonchev–Trinajstić information content (AvgIpc) is 1.83. The highest BCUT2D eigenvalue weighted by Crippen LogP contribution is 2.44. The van der Waals surface area contributed by atoms with E-state index in [1.165, 1.54) is 10.6 Å². The van der Waals surface area contributed by atoms with E-state index < -0.39 is 29.2 Å². The van der Waals surface area contributed by atoms with Gasteiger partial charge in [0.2, 0.25) is 11.8 Å². The highest BCUT2D eigenvalue weighted by atomic mass is 19.1. The number of halogens is 2. The number of imide groups is 1. The van der Waals surface area contributed by atoms with Crippen LogP contribution < -0.4 is 20.6 Å². The Labute approximate surface area is 503 Å². The standard InChI is InChI=1S/C65H75F2N11O9/c1-6-46-49(66)17-14-40-10-7-12-47(53(40)46)55-54(67)56-48(32-68-55)58(75-34-42-15-16-43(35-75)77(42)63(83)87-64(2,3)4)71-60(70-56)86-38-65-25-9-27-76(65)44(20-26-65)37-85-62(82)74-30-23-45(24-31-74)84-36-39-21-28-73(29-22-39)33-41-11-8-13-50-57(41)72(5)61(81)78(50)51-18-19-52(79)69-59(51)80/h1,7-8,10-14,17,32,39,42-45,51H,9,15-16,18-31,33-38H2,2-5H3,(H,69,79,80)/t42?,43?,44?,51?,65-/m0/s1. The fourth-order valence-electron chi connectivity index (χ4n) is 15.0. The lowest BCUT2D eigenvalue weighted by molar-refractivity contribution is -0.135. The van der Waals surface area contributed by atoms with Crippen LogP contribution in [0.15, 0.2) is 59.5 Å². The SMILES string of the molecule is C#Cc1c(F)ccc2cccc(-c3ncc4c(N5CC6CCC(C5)N6C(=O)OC(C)(C)C)nc(OC[C@@]56CCCN5C(COC(=O)N5CCC(OCC7CCN(Cc8cccc9c8n(C)c(=O)n9C8CCC(=O)NC8=O)CC7)CC5)CC6)nc4c3F)c12. The van der Waals surface area contributed by atoms with Gasteiger partial charge in [-0.3, -0.25) is 43.7 Å². The number of fused-ring (bicyclic) bond motifs is 6. The summed E-state index contributed by atoms with van der Waals surface area (Å²) in [5.41, 5.74) is 1.49. The van der Waals surface area contributed by atoms with Crippen molar-refractivity contribution in [2.24, 2.45) is 13.0 Å². The van der Waals surface area contributed by atoms with E-state index in [1.54, 1.807) is 47.0 Å². The van der Waals surface area contributed by atoms with E-state index in [2.05, 4.69) is 30.9 Å². The fraction of sp³-hybridized carbons (Fsp3) is 0.538. The van der Waals surface area contributed by atoms with Crippen LogP contribution in [-0.2, 0) is 37.4 Å². The Morgan fingerprint density at radius 2 is 1.63 bits per heavy atom. The lowest BCUT2D eigenvalue weighted by atomic mass is 9.95. The number of rotatable bonds is 13. The molecule has 458 valence electrons. The normalized spacial score (nSPS) is 24.1. The van der Waals surface area contributed by atoms with E-state index in [4.69, 9.17) is 35.3 Å². The van der Waals surface area contributed by atoms with Gasteiger partial charge in [-0.1, -0.05) is 42.3 Å². The predicted molar refractivity (Wildman–Crippen MR) is 321 cm³/mol. The summed E-state index contributed by atoms with van der Waals surface area (Å²) in [6.45, 7) is 11.9. The number of amides is 4. The molecule has 1 N–H and O–H groups in total. The van der Waals surface area contributed by atoms with Gasteiger partial charge in [0.25, 0.3) is 0 Å². The first-order chi connectivity index (χ1) is 41.9. The molecule has 7 aliphatic rings. The molecule has 7 aliphatic heterocycles. The first-order valence-corrected chi connectivity index (χ1v) is 30.9. The number of hydrogen-bond acceptors (Lipinski definition) is 15. The van der Waals surface area contributed by atoms with Crippen molar-refractivity contribution in [3.05, 3.63) is 88.0 Å². The molecule has 87 heavy (non-hydrogen) atoms. The van der Waals surface area contributed by atoms with Crippen LogP contribution in [0.4, 0.5) is 24.2 Å². The van der Waals surface area contributed by atoms with Crippen molar-refractivity contribution in [3.8, 4) is 29.6 Å². The minimum Gasteiger partial charge on any atom is -0.461 e. The van der Waals surface area contributed by atoms with E-state index in [0.29, 0.717) is 84.7 Å². The molecule has 6 aromatic rings. The number of nitrogens with one attached hydrogen (secondary N) is 1. The van der Waals surface area contributed by atoms with Crippen molar-refractivity contribution < 1.29 is 46.9 Å². The van der Waals surface area contributed by atoms with Crippen LogP contribution in [0.2, 0.25) is 0 Å². The Hall–Kier alpha value is -7.74. The number of carbonyl (C=O) groups is 4. The Morgan fingerprint density at radius 3 is 2.38 bits per heavy atom. The molecule has 4 unspecified atom stereocenters. The maximum atomic E-state index is 17.5. The molecule has 0 spiro atoms. The minimum atomic E-state index is -0.729. The number of pyridine rings is 1. The summed E-state index contributed by atoms with van der Waals surface area (Å²) in [5, 5.41) is 3.76. The van der Waals surface area contributed by atoms with Crippen LogP contribution >= 0.6 is 0 Å². The Bertz CT molecular complexity index is 3790. The van der Waals surface area contributed by atoms with E-state index in [-0.39, 0.29) is 96.0 Å². The van der Waals surface area contributed by atoms with Gasteiger partial charge in [-0.2, -0.15) is 9.97 Å². The lowest BCUT2D eigenvalue weighted by Gasteiger charge is -2.42. The molecule has 0 aliphatic carbocycles. The van der Waals surface area contributed by atoms with Gasteiger partial charge in [0.1, 0.15) is 47.7 Å². The third kappa shape index (κ3) is 11.1. The molecule has 0 saturated carbocycles. The second-order valence-electron chi connectivity index (χ2n) is 25.9. The number of aryl methyl sites for hydroxylation is 1. The van der Waals surface area contributed by atoms with Crippen molar-refractivity contribution in [1.29, 1.82) is 0 Å². The van der Waals surface area contributed by atoms with Crippen molar-refractivity contribution in [2.45, 2.75) is 146 Å². The van der Waals surface area contributed by atoms with E-state index in [0.717, 1.165) is 94.9 Å². The van der Waals surface area contributed by atoms with Crippen molar-refractivity contribution in [1.82, 2.24) is 49.0 Å². The number of piperidine rings is 3. The molecule has 5 atom stereocenters. The van der Waals surface area contributed by atoms with Gasteiger partial charge in [-0.05, 0) is 140 Å². The van der Waals surface area contributed by atoms with Gasteiger partial charge in [-0.15, -0.1) is 6.42 Å². The van der Waals surface area contributed by atoms with Gasteiger partial charge in [0.05, 0.1) is 45.7 Å². The Morgan fingerprint density at radius 1 is 0.862 bits per heavy atom. The number of benzene rings is 3. The molecule has 3 aromatic heterocycles. The molecule has 3 aromatic carbocycles. The van der Waals surface area contributed by atoms with Crippen molar-refractivity contribution >= 4 is 62.5 Å². The van der Waals surface area contributed by atoms with Crippen LogP contribution in [0.1, 0.15) is 115 Å². The molecule has 4 amide bonds. The third-order valence-corrected chi connectivity index (χ3v) is 19.4. The van der Waals surface area contributed by atoms with Crippen LogP contribution in [0, 0.1) is 29.9 Å². The second-order valence-corrected chi connectivity index (χ2v) is 25.9. The number of carbonyl (C=O) groups excluding carboxylic acids is 4. The smallest absolute Gasteiger partial charge is 0.410 e. The number of piperazine rings is 1. The number of aromatic nitrogens is 5. The number of anilines is 1. The van der Waals surface area contributed by atoms with Crippen LogP contribution in [0.25, 0.3) is 44.0 Å². The zero-order chi connectivity index (χ0) is 60.5. The van der Waals surface area contributed by atoms with Gasteiger partial charge in [0.15, 0.2) is 5.82 Å². The number of imidazole rings is 1. The van der Waals surface area contributed by atoms with Crippen LogP contribution in [-0.4, -0.2) is 169 Å². The van der Waals surface area contributed by atoms with E-state index in [1.807, 2.05) is 43.9 Å². The number of nitrogens with zero attached hydrogens (tertiary/aromatic N) is 10. The van der Waals surface area contributed by atoms with Crippen molar-refractivity contribution in [3.63, 3.8) is 0 Å². The Balaban J connectivity index is 0.624. The van der Waals surface area contributed by atoms with Crippen molar-refractivity contribution in [2.75, 3.05) is 70.5 Å². The largest absolute Gasteiger partial charge is 0.461 e. The highest BCUT2D eigenvalue weighted by Gasteiger charge is 2.51. The molecule has 7 fully saturated rings. The predicted octanol–water partition coefficient (Wildman–Crippen LogP) is 8.23. The molecule has 7 saturated heterocycles. The van der Waals surface area contributed by atoms with Gasteiger partial charge >= 0.3 is 23.9 Å². The summed E-state index contributed by atoms with van der Waals surface area (Å²) in [6, 6.07) is 12.9. The summed E-state index contributed by atoms with van der Waals surface area (Å²) in [7, 11) is 1.74. The number of ether oxygens (including phenoxy) is 4. The van der Waals surface area contributed by atoms with Crippen LogP contribution in [0.5, 0.6) is 6.01 Å². The first kappa shape index (κ1) is 58.3. The maximum absolute atomic E-state index is 17.5. The number of likely N-dealkylation sites (tertiary alicyclic amines) is 2. The molecule has 13 rings (SSSR count). The number of para-hydroxylation sites is 1. The minimum absolute atomic E-state index is 0.00293. The van der Waals surface area contributed by atoms with E-state index in [9.17, 15) is 24.0 Å². The maximum Gasteiger partial charge on any atom is 0.410 e. The molecule has 2 bridgehead atoms. The second kappa shape index (κ2) is 23.4. The Kier molecular flexibility index (Phi) is 15.7. The molecule has 22 heteroatoms. The summed E-state index contributed by atoms with van der Waals surface area (Å²) in [4.78, 5) is 90.2. The number of terminal acetylenes is 1. The third-order valence-electron chi connectivity index (χ3n) is 19.4. The van der Waals surface area contributed by atoms with Crippen LogP contribution in [0.3, 0.4) is 0 Å². The van der Waals surface area contributed by atoms with Gasteiger partial charge in [-0.25, -0.2) is 23.2 Å². The molecule has 10 heterocycles. The number of hydrogen-bond donors (Lipinski definition) is 1. The topological polar surface area (TPSA) is 199 Å². The van der Waals surface area contributed by atoms with Gasteiger partial charge in [0, 0.05) is 76.0 Å². The zero-order valence-corrected chi connectivity index (χ0v) is 49.9. The highest BCUT2D eigenvalue weighted by molar-refractivity contribution is 6.02. The molecule has 0 radical (unpaired) electrons. The summed E-state index contributed by atoms with van der Waals surface area (Å²) in [6.07, 6.45) is 15.6. The summed E-state index contributed by atoms with van der Waals surface area (Å²) < 4.78 is 60.9. The first-order valence-electron chi connectivity index (χ1n) is 30.9. The fourth-order valence-corrected chi connectivity index (χ4v) is 15.0. The summed E-state index contributed by atoms with van der Waals surface area (Å²) in [5.74, 6) is 1.22. The monoisotopic (exact) mass is 1190 g/mol. The van der Waals surface area contributed by atoms with Gasteiger partial charge < -0.3 is 28.7 Å². The molecular weight excluding hydrogens is 1120 g/mol. The van der Waals surface area contributed by atoms with E-state index >= 15 is 8.78 Å². The summed E-state index contributed by atoms with van der Waals surface area (Å²) >= 11 is 0. The lowest BCUT2D eigenvalue weighted by Crippen LogP contribution is -2.57. The quantitative estimate of drug-likeness (QED) is 0.0856. The zero-order valence-electron chi connectivity index (χ0n) is 49.9. The molecule has 20 nitrogen and oxygen atoms in total.